The number of rotatable bonds is 26. The van der Waals surface area contributed by atoms with E-state index in [1.807, 2.05) is 64.3 Å². The van der Waals surface area contributed by atoms with E-state index in [2.05, 4.69) is 109 Å². The summed E-state index contributed by atoms with van der Waals surface area (Å²) in [5.41, 5.74) is 7.41. The molecule has 5 saturated carbocycles. The number of ether oxygens (including phenoxy) is 3. The second-order valence-corrected chi connectivity index (χ2v) is 43.0. The highest BCUT2D eigenvalue weighted by molar-refractivity contribution is 7.90. The van der Waals surface area contributed by atoms with Gasteiger partial charge in [-0.15, -0.1) is 0 Å². The Balaban J connectivity index is 0.000000117. The highest BCUT2D eigenvalue weighted by Gasteiger charge is 2.46. The summed E-state index contributed by atoms with van der Waals surface area (Å²) in [6.45, 7) is 23.4. The highest BCUT2D eigenvalue weighted by Crippen LogP contribution is 2.54. The van der Waals surface area contributed by atoms with Gasteiger partial charge in [-0.2, -0.15) is 60.3 Å². The molecule has 12 aromatic heterocycles. The summed E-state index contributed by atoms with van der Waals surface area (Å²) in [4.78, 5) is 70.4. The summed E-state index contributed by atoms with van der Waals surface area (Å²) in [6, 6.07) is 4.29. The molecule has 4 aliphatic heterocycles. The molecule has 12 aromatic rings. The van der Waals surface area contributed by atoms with Crippen LogP contribution < -0.4 is 42.5 Å². The van der Waals surface area contributed by atoms with Gasteiger partial charge < -0.3 is 66.8 Å². The fraction of sp³-hybridized carbons (Fsp3) is 0.632. The zero-order valence-electron chi connectivity index (χ0n) is 75.6. The summed E-state index contributed by atoms with van der Waals surface area (Å²) < 4.78 is 46.3. The number of thiazole rings is 4. The summed E-state index contributed by atoms with van der Waals surface area (Å²) >= 11 is 6.16. The Morgan fingerprint density at radius 1 is 0.400 bits per heavy atom. The standard InChI is InChI=1S/C23H34N8O3S2.C23H32N8S.C21H30N8OS.C20H28N8O2S/c1-16-25-20-21(26-17-4-6-19(7-5-17)30-9-11-34-12-10-30)28-23(29-22(20)35-16)27-18-14-24-31(15-18)8-3-13-36(2,32)33;1-15-25-19-20(28-22(29-21(19)32-15)27-17-13-24-30(2)14-17)26-16-3-5-18(6-4-16)31-11-9-23(7-8-23)10-12-31;1-3-29-13-16(12-22-29)25-21-26-19(18-20(27-21)31-14(2)23-18)24-15-4-6-17(7-5-15)28-8-10-30-11-9-28;1-27-11-14(10-21-27)23-20-25-18(17-19(26-20)31-16(12-29)24-17)22-13-2-4-15(5-3-13)28-6-8-30-9-7-28/h14-15,17,19H,3-13H2,1-2H3,(H2,26,27,28,29);13-14,16,18H,3-12H2,1-2H3,(H2,26,27,28,29);12-13,15,17H,3-11H2,1-2H3,(H2,24,25,26,27);10-11,13,15,29H,2-9,12H2,1H3,(H2,22,23,25,26). The number of morpholine rings is 3. The van der Waals surface area contributed by atoms with Gasteiger partial charge in [0.1, 0.15) is 36.9 Å². The largest absolute Gasteiger partial charge is 0.389 e. The van der Waals surface area contributed by atoms with E-state index in [4.69, 9.17) is 54.1 Å². The quantitative estimate of drug-likeness (QED) is 0.0243. The highest BCUT2D eigenvalue weighted by atomic mass is 32.2. The molecule has 0 atom stereocenters. The Bertz CT molecular complexity index is 5830. The van der Waals surface area contributed by atoms with Crippen molar-refractivity contribution in [3.05, 3.63) is 69.6 Å². The molecule has 1 spiro atoms. The van der Waals surface area contributed by atoms with Gasteiger partial charge in [0.05, 0.1) is 115 Å². The fourth-order valence-electron chi connectivity index (χ4n) is 19.4. The molecule has 0 aromatic carbocycles. The van der Waals surface area contributed by atoms with Crippen LogP contribution in [-0.2, 0) is 57.8 Å². The predicted octanol–water partition coefficient (Wildman–Crippen LogP) is 12.8. The number of aromatic nitrogens is 20. The number of aliphatic hydroxyl groups excluding tert-OH is 1. The molecule has 16 heterocycles. The average Bonchev–Trinajstić information content (AvgIpc) is 1.62. The van der Waals surface area contributed by atoms with E-state index in [-0.39, 0.29) is 12.4 Å². The van der Waals surface area contributed by atoms with Crippen molar-refractivity contribution < 1.29 is 27.7 Å². The Kier molecular flexibility index (Phi) is 29.4. The molecule has 21 rings (SSSR count). The van der Waals surface area contributed by atoms with Gasteiger partial charge in [0.2, 0.25) is 23.8 Å². The third-order valence-corrected chi connectivity index (χ3v) is 31.2. The molecule has 130 heavy (non-hydrogen) atoms. The van der Waals surface area contributed by atoms with Crippen LogP contribution in [0.25, 0.3) is 41.4 Å². The van der Waals surface area contributed by atoms with Crippen molar-refractivity contribution in [1.82, 2.24) is 119 Å². The molecule has 5 aliphatic carbocycles. The zero-order valence-corrected chi connectivity index (χ0v) is 79.7. The molecular weight excluding hydrogens is 1750 g/mol. The number of hydrogen-bond acceptors (Lipinski definition) is 38. The molecule has 0 unspecified atom stereocenters. The van der Waals surface area contributed by atoms with Gasteiger partial charge in [-0.05, 0) is 181 Å². The Morgan fingerprint density at radius 2 is 0.715 bits per heavy atom. The van der Waals surface area contributed by atoms with Gasteiger partial charge in [0.25, 0.3) is 0 Å². The first-order valence-electron chi connectivity index (χ1n) is 46.5. The lowest BCUT2D eigenvalue weighted by Crippen LogP contribution is -2.46. The normalized spacial score (nSPS) is 23.0. The van der Waals surface area contributed by atoms with E-state index in [1.165, 1.54) is 121 Å². The van der Waals surface area contributed by atoms with Crippen LogP contribution >= 0.6 is 45.3 Å². The first-order chi connectivity index (χ1) is 63.2. The molecular formula is C87H124N32O6S5. The van der Waals surface area contributed by atoms with Gasteiger partial charge in [0.15, 0.2) is 42.6 Å². The van der Waals surface area contributed by atoms with Gasteiger partial charge >= 0.3 is 0 Å². The smallest absolute Gasteiger partial charge is 0.230 e. The number of hydrogen-bond donors (Lipinski definition) is 9. The minimum atomic E-state index is -2.98. The van der Waals surface area contributed by atoms with Crippen LogP contribution in [0.2, 0.25) is 0 Å². The van der Waals surface area contributed by atoms with Crippen molar-refractivity contribution in [2.45, 2.75) is 231 Å². The molecule has 9 N–H and O–H groups in total. The molecule has 0 amide bonds. The molecule has 4 saturated heterocycles. The maximum Gasteiger partial charge on any atom is 0.230 e. The first kappa shape index (κ1) is 91.3. The third-order valence-electron chi connectivity index (χ3n) is 26.6. The van der Waals surface area contributed by atoms with Crippen LogP contribution in [-0.4, -0.2) is 284 Å². The van der Waals surface area contributed by atoms with Crippen LogP contribution in [0.4, 0.5) is 69.8 Å². The van der Waals surface area contributed by atoms with Gasteiger partial charge in [-0.25, -0.2) is 28.4 Å². The van der Waals surface area contributed by atoms with Gasteiger partial charge in [-0.1, -0.05) is 45.3 Å². The summed E-state index contributed by atoms with van der Waals surface area (Å²) in [6.07, 6.45) is 40.9. The van der Waals surface area contributed by atoms with E-state index in [0.29, 0.717) is 84.1 Å². The van der Waals surface area contributed by atoms with E-state index in [1.54, 1.807) is 72.8 Å². The number of aryl methyl sites for hydroxylation is 7. The molecule has 698 valence electrons. The maximum absolute atomic E-state index is 11.4. The predicted molar refractivity (Wildman–Crippen MR) is 513 cm³/mol. The summed E-state index contributed by atoms with van der Waals surface area (Å²) in [5, 5.41) is 58.0. The number of likely N-dealkylation sites (tertiary alicyclic amines) is 1. The van der Waals surface area contributed by atoms with E-state index < -0.39 is 9.84 Å². The third kappa shape index (κ3) is 23.8. The van der Waals surface area contributed by atoms with Crippen molar-refractivity contribution in [2.24, 2.45) is 19.5 Å². The second kappa shape index (κ2) is 41.9. The topological polar surface area (TPSA) is 417 Å². The van der Waals surface area contributed by atoms with Crippen molar-refractivity contribution in [3.63, 3.8) is 0 Å². The number of fused-ring (bicyclic) bond motifs is 4. The number of piperidine rings is 1. The SMILES string of the molecule is CCn1cc(Nc2nc(NC3CCC(N4CCOCC4)CC3)c3nc(C)sc3n2)cn1.Cc1nc2c(NC3CCC(N4CCC5(CC4)CC5)CC3)nc(Nc3cnn(C)c3)nc2s1.Cc1nc2c(NC3CCC(N4CCOCC4)CC3)nc(Nc3cnn(CCCS(C)(=O)=O)c3)nc2s1.Cn1cc(Nc2nc(NC3CCC(N4CCOCC4)CC3)c3nc(CO)sc3n2)cn1. The lowest BCUT2D eigenvalue weighted by atomic mass is 9.87. The molecule has 9 fully saturated rings. The van der Waals surface area contributed by atoms with E-state index in [0.717, 1.165) is 238 Å². The van der Waals surface area contributed by atoms with Crippen LogP contribution in [0.5, 0.6) is 0 Å². The second-order valence-electron chi connectivity index (χ2n) is 36.1. The molecule has 9 aliphatic rings. The van der Waals surface area contributed by atoms with Crippen LogP contribution in [0.3, 0.4) is 0 Å². The van der Waals surface area contributed by atoms with Crippen molar-refractivity contribution in [3.8, 4) is 0 Å². The van der Waals surface area contributed by atoms with Crippen molar-refractivity contribution in [2.75, 3.05) is 147 Å². The number of nitrogens with zero attached hydrogens (tertiary/aromatic N) is 24. The minimum Gasteiger partial charge on any atom is -0.389 e. The minimum absolute atomic E-state index is 0.101. The zero-order chi connectivity index (χ0) is 89.2. The Labute approximate surface area is 773 Å². The molecule has 0 radical (unpaired) electrons. The lowest BCUT2D eigenvalue weighted by Gasteiger charge is -2.41. The van der Waals surface area contributed by atoms with E-state index in [9.17, 15) is 13.5 Å². The van der Waals surface area contributed by atoms with E-state index >= 15 is 0 Å². The molecule has 38 nitrogen and oxygen atoms in total. The lowest BCUT2D eigenvalue weighted by molar-refractivity contribution is 0.00788. The van der Waals surface area contributed by atoms with Crippen molar-refractivity contribution >= 4 is 166 Å². The summed E-state index contributed by atoms with van der Waals surface area (Å²) in [7, 11) is 0.792. The van der Waals surface area contributed by atoms with Crippen molar-refractivity contribution in [1.29, 1.82) is 0 Å². The number of anilines is 12. The first-order valence-corrected chi connectivity index (χ1v) is 51.8. The van der Waals surface area contributed by atoms with Gasteiger partial charge in [-0.3, -0.25) is 33.4 Å². The monoisotopic (exact) mass is 1870 g/mol. The molecule has 0 bridgehead atoms. The Morgan fingerprint density at radius 3 is 1.03 bits per heavy atom. The average molecular weight is 1870 g/mol. The van der Waals surface area contributed by atoms with Crippen LogP contribution in [0.1, 0.15) is 162 Å². The summed E-state index contributed by atoms with van der Waals surface area (Å²) in [5.74, 6) is 5.47. The number of aliphatic hydroxyl groups is 1. The Hall–Kier alpha value is -9.25. The maximum atomic E-state index is 11.4. The van der Waals surface area contributed by atoms with Crippen LogP contribution in [0, 0.1) is 26.2 Å². The number of nitrogens with one attached hydrogen (secondary N) is 8. The molecule has 43 heteroatoms. The van der Waals surface area contributed by atoms with Gasteiger partial charge in [0, 0.05) is 146 Å². The number of sulfone groups is 1. The van der Waals surface area contributed by atoms with Crippen LogP contribution in [0.15, 0.2) is 49.6 Å². The fourth-order valence-corrected chi connectivity index (χ4v) is 23.3.